The Bertz CT molecular complexity index is 365. The summed E-state index contributed by atoms with van der Waals surface area (Å²) in [6.45, 7) is 5.13. The first-order valence-electron chi connectivity index (χ1n) is 6.49. The molecule has 0 N–H and O–H groups in total. The molecule has 108 valence electrons. The van der Waals surface area contributed by atoms with Crippen LogP contribution in [0.25, 0.3) is 0 Å². The number of hydrogen-bond donors (Lipinski definition) is 0. The van der Waals surface area contributed by atoms with Crippen LogP contribution in [0.1, 0.15) is 25.3 Å². The maximum Gasteiger partial charge on any atom is 0.0842 e. The highest BCUT2D eigenvalue weighted by Gasteiger charge is 2.27. The first-order valence-corrected chi connectivity index (χ1v) is 7.49. The lowest BCUT2D eigenvalue weighted by Crippen LogP contribution is -2.36. The molecule has 2 rings (SSSR count). The highest BCUT2D eigenvalue weighted by atomic mass is 32.2. The summed E-state index contributed by atoms with van der Waals surface area (Å²) < 4.78 is 29.9. The third-order valence-electron chi connectivity index (χ3n) is 3.10. The molecule has 1 fully saturated rings. The van der Waals surface area contributed by atoms with Crippen LogP contribution >= 0.6 is 0 Å². The average molecular weight is 285 g/mol. The molecule has 1 aromatic rings. The Morgan fingerprint density at radius 1 is 1.47 bits per heavy atom. The molecule has 1 saturated heterocycles. The normalized spacial score (nSPS) is 20.7. The van der Waals surface area contributed by atoms with Crippen molar-refractivity contribution in [3.8, 4) is 0 Å². The Morgan fingerprint density at radius 3 is 2.42 bits per heavy atom. The summed E-state index contributed by atoms with van der Waals surface area (Å²) in [6, 6.07) is 10.3. The van der Waals surface area contributed by atoms with E-state index in [4.69, 9.17) is 4.74 Å². The summed E-state index contributed by atoms with van der Waals surface area (Å²) in [6.07, 6.45) is 2.12. The van der Waals surface area contributed by atoms with Gasteiger partial charge in [-0.1, -0.05) is 42.8 Å². The van der Waals surface area contributed by atoms with Crippen LogP contribution in [-0.4, -0.2) is 28.1 Å². The Balaban J connectivity index is 0.000000218. The maximum atomic E-state index is 10.1. The minimum Gasteiger partial charge on any atom is -0.750 e. The summed E-state index contributed by atoms with van der Waals surface area (Å²) in [7, 11) is 0. The second kappa shape index (κ2) is 9.20. The molecule has 0 aromatic heterocycles. The SMILES string of the molecule is CCC(COS(=O)[O-])C1CCO1.Cc1ccccc1. The lowest BCUT2D eigenvalue weighted by Gasteiger charge is -2.33. The quantitative estimate of drug-likeness (QED) is 0.780. The van der Waals surface area contributed by atoms with Crippen molar-refractivity contribution in [2.24, 2.45) is 5.92 Å². The van der Waals surface area contributed by atoms with Crippen LogP contribution < -0.4 is 0 Å². The van der Waals surface area contributed by atoms with E-state index in [0.29, 0.717) is 0 Å². The van der Waals surface area contributed by atoms with E-state index >= 15 is 0 Å². The van der Waals surface area contributed by atoms with Gasteiger partial charge in [-0.05, 0) is 19.8 Å². The van der Waals surface area contributed by atoms with Gasteiger partial charge in [0.15, 0.2) is 0 Å². The molecule has 0 spiro atoms. The van der Waals surface area contributed by atoms with E-state index < -0.39 is 11.4 Å². The fraction of sp³-hybridized carbons (Fsp3) is 0.571. The first-order chi connectivity index (χ1) is 9.13. The number of rotatable bonds is 5. The minimum absolute atomic E-state index is 0.207. The Morgan fingerprint density at radius 2 is 2.11 bits per heavy atom. The van der Waals surface area contributed by atoms with Crippen LogP contribution in [0.5, 0.6) is 0 Å². The summed E-state index contributed by atoms with van der Waals surface area (Å²) in [5.41, 5.74) is 1.32. The summed E-state index contributed by atoms with van der Waals surface area (Å²) in [4.78, 5) is 0. The van der Waals surface area contributed by atoms with Gasteiger partial charge in [0.25, 0.3) is 0 Å². The molecule has 3 atom stereocenters. The van der Waals surface area contributed by atoms with Crippen LogP contribution in [-0.2, 0) is 20.3 Å². The Hall–Kier alpha value is -0.750. The van der Waals surface area contributed by atoms with E-state index in [1.807, 2.05) is 25.1 Å². The van der Waals surface area contributed by atoms with Gasteiger partial charge in [0.05, 0.1) is 24.1 Å². The monoisotopic (exact) mass is 285 g/mol. The molecule has 0 aliphatic carbocycles. The average Bonchev–Trinajstić information content (AvgIpc) is 2.33. The van der Waals surface area contributed by atoms with Crippen molar-refractivity contribution >= 4 is 11.4 Å². The van der Waals surface area contributed by atoms with E-state index in [-0.39, 0.29) is 18.6 Å². The maximum absolute atomic E-state index is 10.1. The van der Waals surface area contributed by atoms with E-state index in [0.717, 1.165) is 19.4 Å². The molecule has 1 aliphatic rings. The van der Waals surface area contributed by atoms with Gasteiger partial charge in [-0.2, -0.15) is 0 Å². The van der Waals surface area contributed by atoms with E-state index in [1.165, 1.54) is 5.56 Å². The molecule has 0 saturated carbocycles. The molecule has 19 heavy (non-hydrogen) atoms. The molecule has 0 radical (unpaired) electrons. The third-order valence-corrected chi connectivity index (χ3v) is 3.43. The van der Waals surface area contributed by atoms with E-state index in [2.05, 4.69) is 23.2 Å². The lowest BCUT2D eigenvalue weighted by molar-refractivity contribution is -0.0932. The largest absolute Gasteiger partial charge is 0.750 e. The van der Waals surface area contributed by atoms with E-state index in [1.54, 1.807) is 0 Å². The number of benzene rings is 1. The highest BCUT2D eigenvalue weighted by molar-refractivity contribution is 7.74. The zero-order valence-electron chi connectivity index (χ0n) is 11.4. The standard InChI is InChI=1S/C7H14O4S.C7H8/c1-2-6(5-11-12(8)9)7-3-4-10-7;1-7-5-3-2-4-6-7/h6-7H,2-5H2,1H3,(H,8,9);2-6H,1H3/p-1. The van der Waals surface area contributed by atoms with Crippen molar-refractivity contribution in [1.29, 1.82) is 0 Å². The van der Waals surface area contributed by atoms with Crippen LogP contribution in [0.15, 0.2) is 30.3 Å². The molecule has 1 aliphatic heterocycles. The van der Waals surface area contributed by atoms with Crippen LogP contribution in [0.3, 0.4) is 0 Å². The topological polar surface area (TPSA) is 58.6 Å². The van der Waals surface area contributed by atoms with E-state index in [9.17, 15) is 8.76 Å². The second-order valence-corrected chi connectivity index (χ2v) is 5.15. The fourth-order valence-corrected chi connectivity index (χ4v) is 2.08. The molecular formula is C14H21O4S-. The number of hydrogen-bond acceptors (Lipinski definition) is 4. The van der Waals surface area contributed by atoms with Crippen molar-refractivity contribution in [1.82, 2.24) is 0 Å². The molecule has 1 aromatic carbocycles. The highest BCUT2D eigenvalue weighted by Crippen LogP contribution is 2.23. The summed E-state index contributed by atoms with van der Waals surface area (Å²) in [5.74, 6) is 0.219. The van der Waals surface area contributed by atoms with Gasteiger partial charge >= 0.3 is 0 Å². The third kappa shape index (κ3) is 6.82. The van der Waals surface area contributed by atoms with Gasteiger partial charge in [0, 0.05) is 12.5 Å². The van der Waals surface area contributed by atoms with Crippen molar-refractivity contribution in [3.63, 3.8) is 0 Å². The zero-order chi connectivity index (χ0) is 14.1. The van der Waals surface area contributed by atoms with Crippen molar-refractivity contribution < 1.29 is 17.7 Å². The van der Waals surface area contributed by atoms with Crippen molar-refractivity contribution in [2.45, 2.75) is 32.8 Å². The van der Waals surface area contributed by atoms with Gasteiger partial charge in [0.1, 0.15) is 0 Å². The molecule has 4 nitrogen and oxygen atoms in total. The fourth-order valence-electron chi connectivity index (χ4n) is 1.79. The minimum atomic E-state index is -2.39. The summed E-state index contributed by atoms with van der Waals surface area (Å²) in [5, 5.41) is 0. The summed E-state index contributed by atoms with van der Waals surface area (Å²) >= 11 is -2.39. The van der Waals surface area contributed by atoms with Crippen LogP contribution in [0, 0.1) is 12.8 Å². The zero-order valence-corrected chi connectivity index (χ0v) is 12.2. The van der Waals surface area contributed by atoms with Crippen molar-refractivity contribution in [3.05, 3.63) is 35.9 Å². The van der Waals surface area contributed by atoms with Crippen molar-refractivity contribution in [2.75, 3.05) is 13.2 Å². The van der Waals surface area contributed by atoms with Gasteiger partial charge in [-0.15, -0.1) is 0 Å². The molecule has 1 heterocycles. The second-order valence-electron chi connectivity index (χ2n) is 4.51. The smallest absolute Gasteiger partial charge is 0.0842 e. The first kappa shape index (κ1) is 16.3. The number of ether oxygens (including phenoxy) is 1. The van der Waals surface area contributed by atoms with Gasteiger partial charge < -0.3 is 13.5 Å². The van der Waals surface area contributed by atoms with Gasteiger partial charge in [-0.3, -0.25) is 0 Å². The molecule has 3 unspecified atom stereocenters. The molecule has 5 heteroatoms. The molecular weight excluding hydrogens is 264 g/mol. The predicted molar refractivity (Wildman–Crippen MR) is 74.2 cm³/mol. The van der Waals surface area contributed by atoms with Crippen LogP contribution in [0.2, 0.25) is 0 Å². The molecule has 0 amide bonds. The van der Waals surface area contributed by atoms with Gasteiger partial charge in [-0.25, -0.2) is 4.21 Å². The lowest BCUT2D eigenvalue weighted by atomic mass is 9.95. The Labute approximate surface area is 117 Å². The van der Waals surface area contributed by atoms with Gasteiger partial charge in [0.2, 0.25) is 0 Å². The van der Waals surface area contributed by atoms with Crippen LogP contribution in [0.4, 0.5) is 0 Å². The molecule has 0 bridgehead atoms. The predicted octanol–water partition coefficient (Wildman–Crippen LogP) is 2.61. The number of aryl methyl sites for hydroxylation is 1. The Kier molecular flexibility index (Phi) is 7.90.